The fraction of sp³-hybridized carbons (Fsp3) is 0.0952. The van der Waals surface area contributed by atoms with Crippen molar-refractivity contribution in [3.63, 3.8) is 0 Å². The second-order valence-electron chi connectivity index (χ2n) is 6.02. The topological polar surface area (TPSA) is 84.5 Å². The molecule has 150 valence electrons. The molecule has 1 amide bonds. The zero-order chi connectivity index (χ0) is 20.9. The Morgan fingerprint density at radius 2 is 1.62 bits per heavy atom. The maximum absolute atomic E-state index is 13.7. The summed E-state index contributed by atoms with van der Waals surface area (Å²) in [6.07, 6.45) is 0. The highest BCUT2D eigenvalue weighted by Gasteiger charge is 2.16. The number of carbonyl (C=O) groups excluding carboxylic acids is 1. The number of anilines is 2. The van der Waals surface area contributed by atoms with Gasteiger partial charge in [0.05, 0.1) is 17.2 Å². The van der Waals surface area contributed by atoms with Crippen LogP contribution in [-0.2, 0) is 10.0 Å². The van der Waals surface area contributed by atoms with E-state index in [2.05, 4.69) is 10.0 Å². The molecular weight excluding hydrogens is 395 g/mol. The van der Waals surface area contributed by atoms with Crippen molar-refractivity contribution in [1.29, 1.82) is 0 Å². The third-order valence-corrected chi connectivity index (χ3v) is 5.36. The lowest BCUT2D eigenvalue weighted by atomic mass is 10.2. The predicted molar refractivity (Wildman–Crippen MR) is 109 cm³/mol. The molecule has 8 heteroatoms. The number of sulfonamides is 1. The zero-order valence-electron chi connectivity index (χ0n) is 15.6. The molecule has 0 aliphatic carbocycles. The van der Waals surface area contributed by atoms with Crippen LogP contribution in [0.4, 0.5) is 15.8 Å². The minimum atomic E-state index is -3.83. The average Bonchev–Trinajstić information content (AvgIpc) is 2.71. The van der Waals surface area contributed by atoms with Gasteiger partial charge in [-0.15, -0.1) is 0 Å². The Bertz CT molecular complexity index is 1100. The first-order valence-corrected chi connectivity index (χ1v) is 10.3. The van der Waals surface area contributed by atoms with E-state index in [1.807, 2.05) is 6.92 Å². The highest BCUT2D eigenvalue weighted by Crippen LogP contribution is 2.20. The van der Waals surface area contributed by atoms with Crippen LogP contribution in [0, 0.1) is 5.82 Å². The van der Waals surface area contributed by atoms with Gasteiger partial charge in [-0.3, -0.25) is 9.52 Å². The normalized spacial score (nSPS) is 11.0. The van der Waals surface area contributed by atoms with Gasteiger partial charge in [0.2, 0.25) is 0 Å². The number of amides is 1. The van der Waals surface area contributed by atoms with E-state index in [1.165, 1.54) is 42.5 Å². The Hall–Kier alpha value is -3.39. The first kappa shape index (κ1) is 20.3. The quantitative estimate of drug-likeness (QED) is 0.604. The largest absolute Gasteiger partial charge is 0.494 e. The summed E-state index contributed by atoms with van der Waals surface area (Å²) in [5, 5.41) is 2.45. The number of hydrogen-bond donors (Lipinski definition) is 2. The molecule has 0 fully saturated rings. The molecule has 0 heterocycles. The number of rotatable bonds is 7. The van der Waals surface area contributed by atoms with Crippen LogP contribution in [0.15, 0.2) is 77.7 Å². The number of nitrogens with one attached hydrogen (secondary N) is 2. The van der Waals surface area contributed by atoms with Gasteiger partial charge in [0, 0.05) is 11.3 Å². The van der Waals surface area contributed by atoms with Crippen LogP contribution >= 0.6 is 0 Å². The highest BCUT2D eigenvalue weighted by molar-refractivity contribution is 7.92. The van der Waals surface area contributed by atoms with Gasteiger partial charge in [-0.2, -0.15) is 0 Å². The van der Waals surface area contributed by atoms with Gasteiger partial charge in [-0.25, -0.2) is 12.8 Å². The molecule has 0 radical (unpaired) electrons. The summed E-state index contributed by atoms with van der Waals surface area (Å²) >= 11 is 0. The molecule has 0 aliphatic rings. The van der Waals surface area contributed by atoms with Crippen LogP contribution in [0.3, 0.4) is 0 Å². The third-order valence-electron chi connectivity index (χ3n) is 3.97. The number of hydrogen-bond acceptors (Lipinski definition) is 4. The van der Waals surface area contributed by atoms with E-state index >= 15 is 0 Å². The minimum absolute atomic E-state index is 0.00572. The Labute approximate surface area is 168 Å². The molecule has 0 aliphatic heterocycles. The Kier molecular flexibility index (Phi) is 6.13. The Morgan fingerprint density at radius 1 is 0.966 bits per heavy atom. The zero-order valence-corrected chi connectivity index (χ0v) is 16.4. The molecule has 0 spiro atoms. The number of ether oxygens (including phenoxy) is 1. The van der Waals surface area contributed by atoms with Crippen LogP contribution in [-0.4, -0.2) is 20.9 Å². The molecule has 6 nitrogen and oxygen atoms in total. The lowest BCUT2D eigenvalue weighted by Gasteiger charge is -2.10. The van der Waals surface area contributed by atoms with Crippen molar-refractivity contribution < 1.29 is 22.3 Å². The van der Waals surface area contributed by atoms with Gasteiger partial charge < -0.3 is 10.1 Å². The van der Waals surface area contributed by atoms with E-state index in [0.717, 1.165) is 0 Å². The van der Waals surface area contributed by atoms with E-state index in [-0.39, 0.29) is 16.1 Å². The fourth-order valence-electron chi connectivity index (χ4n) is 2.54. The van der Waals surface area contributed by atoms with E-state index in [9.17, 15) is 17.6 Å². The first-order valence-electron chi connectivity index (χ1n) is 8.80. The highest BCUT2D eigenvalue weighted by atomic mass is 32.2. The van der Waals surface area contributed by atoms with Crippen LogP contribution < -0.4 is 14.8 Å². The van der Waals surface area contributed by atoms with Crippen LogP contribution in [0.1, 0.15) is 17.3 Å². The molecule has 2 N–H and O–H groups in total. The second-order valence-corrected chi connectivity index (χ2v) is 7.70. The van der Waals surface area contributed by atoms with Crippen LogP contribution in [0.2, 0.25) is 0 Å². The van der Waals surface area contributed by atoms with Crippen molar-refractivity contribution >= 4 is 27.3 Å². The summed E-state index contributed by atoms with van der Waals surface area (Å²) in [5.41, 5.74) is 0.634. The molecule has 3 aromatic rings. The second kappa shape index (κ2) is 8.74. The van der Waals surface area contributed by atoms with Crippen molar-refractivity contribution in [2.24, 2.45) is 0 Å². The monoisotopic (exact) mass is 414 g/mol. The molecular formula is C21H19FN2O4S. The molecule has 0 saturated heterocycles. The van der Waals surface area contributed by atoms with Crippen molar-refractivity contribution in [2.45, 2.75) is 11.8 Å². The average molecular weight is 414 g/mol. The first-order chi connectivity index (χ1) is 13.9. The molecule has 0 saturated carbocycles. The van der Waals surface area contributed by atoms with Crippen molar-refractivity contribution in [2.75, 3.05) is 16.6 Å². The van der Waals surface area contributed by atoms with Crippen molar-refractivity contribution in [1.82, 2.24) is 0 Å². The number of halogens is 1. The van der Waals surface area contributed by atoms with E-state index < -0.39 is 21.7 Å². The third kappa shape index (κ3) is 5.11. The van der Waals surface area contributed by atoms with Gasteiger partial charge in [0.15, 0.2) is 0 Å². The summed E-state index contributed by atoms with van der Waals surface area (Å²) in [6.45, 7) is 2.37. The minimum Gasteiger partial charge on any atom is -0.494 e. The molecule has 29 heavy (non-hydrogen) atoms. The maximum atomic E-state index is 13.7. The number of carbonyl (C=O) groups is 1. The molecule has 0 unspecified atom stereocenters. The van der Waals surface area contributed by atoms with Crippen molar-refractivity contribution in [3.8, 4) is 5.75 Å². The molecule has 3 rings (SSSR count). The van der Waals surface area contributed by atoms with Gasteiger partial charge in [-0.1, -0.05) is 12.1 Å². The SMILES string of the molecule is CCOc1ccc(NS(=O)(=O)c2ccc(C(=O)Nc3ccccc3F)cc2)cc1. The molecule has 0 atom stereocenters. The fourth-order valence-corrected chi connectivity index (χ4v) is 3.60. The maximum Gasteiger partial charge on any atom is 0.261 e. The summed E-state index contributed by atoms with van der Waals surface area (Å²) in [5.74, 6) is -0.459. The van der Waals surface area contributed by atoms with Gasteiger partial charge in [0.1, 0.15) is 11.6 Å². The van der Waals surface area contributed by atoms with E-state index in [0.29, 0.717) is 18.0 Å². The van der Waals surface area contributed by atoms with E-state index in [4.69, 9.17) is 4.74 Å². The lowest BCUT2D eigenvalue weighted by Crippen LogP contribution is -2.15. The van der Waals surface area contributed by atoms with Gasteiger partial charge >= 0.3 is 0 Å². The van der Waals surface area contributed by atoms with Gasteiger partial charge in [0.25, 0.3) is 15.9 Å². The van der Waals surface area contributed by atoms with Crippen LogP contribution in [0.5, 0.6) is 5.75 Å². The number of para-hydroxylation sites is 1. The van der Waals surface area contributed by atoms with Gasteiger partial charge in [-0.05, 0) is 67.6 Å². The standard InChI is InChI=1S/C21H19FN2O4S/c1-2-28-17-11-9-16(10-12-17)24-29(26,27)18-13-7-15(8-14-18)21(25)23-20-6-4-3-5-19(20)22/h3-14,24H,2H2,1H3,(H,23,25). The Balaban J connectivity index is 1.71. The van der Waals surface area contributed by atoms with E-state index in [1.54, 1.807) is 30.3 Å². The Morgan fingerprint density at radius 3 is 2.24 bits per heavy atom. The van der Waals surface area contributed by atoms with Crippen molar-refractivity contribution in [3.05, 3.63) is 84.2 Å². The summed E-state index contributed by atoms with van der Waals surface area (Å²) < 4.78 is 46.5. The lowest BCUT2D eigenvalue weighted by molar-refractivity contribution is 0.102. The molecule has 0 aromatic heterocycles. The van der Waals surface area contributed by atoms with Crippen LogP contribution in [0.25, 0.3) is 0 Å². The molecule has 0 bridgehead atoms. The molecule has 3 aromatic carbocycles. The summed E-state index contributed by atoms with van der Waals surface area (Å²) in [6, 6.07) is 17.7. The smallest absolute Gasteiger partial charge is 0.261 e. The number of benzene rings is 3. The summed E-state index contributed by atoms with van der Waals surface area (Å²) in [4.78, 5) is 12.2. The predicted octanol–water partition coefficient (Wildman–Crippen LogP) is 4.28. The summed E-state index contributed by atoms with van der Waals surface area (Å²) in [7, 11) is -3.83.